The van der Waals surface area contributed by atoms with Gasteiger partial charge in [-0.05, 0) is 40.3 Å². The first-order valence-electron chi connectivity index (χ1n) is 3.42. The van der Waals surface area contributed by atoms with Gasteiger partial charge in [-0.2, -0.15) is 0 Å². The number of anilines is 1. The zero-order chi connectivity index (χ0) is 7.84. The first-order chi connectivity index (χ1) is 5.29. The van der Waals surface area contributed by atoms with Crippen LogP contribution in [0.3, 0.4) is 0 Å². The van der Waals surface area contributed by atoms with Gasteiger partial charge in [0.25, 0.3) is 0 Å². The maximum Gasteiger partial charge on any atom is 0.0745 e. The lowest BCUT2D eigenvalue weighted by Crippen LogP contribution is -1.94. The highest BCUT2D eigenvalue weighted by Crippen LogP contribution is 2.29. The van der Waals surface area contributed by atoms with Crippen LogP contribution in [0, 0.1) is 3.57 Å². The smallest absolute Gasteiger partial charge is 0.0745 e. The Hall–Kier alpha value is -0.290. The molecule has 0 saturated carbocycles. The largest absolute Gasteiger partial charge is 0.398 e. The van der Waals surface area contributed by atoms with Crippen molar-refractivity contribution in [2.45, 2.75) is 13.2 Å². The molecule has 2 N–H and O–H groups in total. The van der Waals surface area contributed by atoms with E-state index in [2.05, 4.69) is 22.6 Å². The maximum absolute atomic E-state index is 5.76. The topological polar surface area (TPSA) is 35.2 Å². The van der Waals surface area contributed by atoms with Gasteiger partial charge in [0.1, 0.15) is 0 Å². The third kappa shape index (κ3) is 1.12. The van der Waals surface area contributed by atoms with Crippen LogP contribution < -0.4 is 5.73 Å². The second-order valence-electron chi connectivity index (χ2n) is 2.59. The van der Waals surface area contributed by atoms with Crippen molar-refractivity contribution in [3.05, 3.63) is 26.8 Å². The van der Waals surface area contributed by atoms with E-state index in [0.29, 0.717) is 6.61 Å². The summed E-state index contributed by atoms with van der Waals surface area (Å²) in [6.07, 6.45) is 0. The van der Waals surface area contributed by atoms with E-state index in [9.17, 15) is 0 Å². The fraction of sp³-hybridized carbons (Fsp3) is 0.250. The fourth-order valence-corrected chi connectivity index (χ4v) is 1.93. The lowest BCUT2D eigenvalue weighted by atomic mass is 10.1. The molecule has 0 spiro atoms. The summed E-state index contributed by atoms with van der Waals surface area (Å²) in [5.41, 5.74) is 9.06. The molecule has 0 fully saturated rings. The zero-order valence-corrected chi connectivity index (χ0v) is 8.09. The summed E-state index contributed by atoms with van der Waals surface area (Å²) in [6.45, 7) is 1.40. The molecule has 2 nitrogen and oxygen atoms in total. The minimum Gasteiger partial charge on any atom is -0.398 e. The van der Waals surface area contributed by atoms with Crippen LogP contribution in [0.1, 0.15) is 11.1 Å². The van der Waals surface area contributed by atoms with Crippen molar-refractivity contribution in [1.82, 2.24) is 0 Å². The molecule has 0 radical (unpaired) electrons. The van der Waals surface area contributed by atoms with Gasteiger partial charge in [0.05, 0.1) is 13.2 Å². The second-order valence-corrected chi connectivity index (χ2v) is 3.75. The van der Waals surface area contributed by atoms with E-state index in [-0.39, 0.29) is 0 Å². The molecule has 0 saturated heterocycles. The Morgan fingerprint density at radius 3 is 2.73 bits per heavy atom. The molecule has 1 heterocycles. The highest BCUT2D eigenvalue weighted by molar-refractivity contribution is 14.1. The normalized spacial score (nSPS) is 15.0. The Balaban J connectivity index is 2.64. The van der Waals surface area contributed by atoms with Crippen LogP contribution in [-0.2, 0) is 18.0 Å². The molecule has 1 aliphatic rings. The number of halogens is 1. The summed E-state index contributed by atoms with van der Waals surface area (Å²) in [5.74, 6) is 0. The number of hydrogen-bond acceptors (Lipinski definition) is 2. The Morgan fingerprint density at radius 2 is 2.00 bits per heavy atom. The van der Waals surface area contributed by atoms with Crippen molar-refractivity contribution in [3.63, 3.8) is 0 Å². The number of hydrogen-bond donors (Lipinski definition) is 1. The molecule has 1 aliphatic heterocycles. The van der Waals surface area contributed by atoms with Gasteiger partial charge in [0.2, 0.25) is 0 Å². The highest BCUT2D eigenvalue weighted by Gasteiger charge is 2.16. The molecule has 1 aromatic carbocycles. The minimum absolute atomic E-state index is 0.679. The molecule has 0 aliphatic carbocycles. The number of fused-ring (bicyclic) bond motifs is 1. The van der Waals surface area contributed by atoms with E-state index in [1.165, 1.54) is 14.7 Å². The second kappa shape index (κ2) is 2.64. The molecule has 0 bridgehead atoms. The number of nitrogen functional groups attached to an aromatic ring is 1. The Labute approximate surface area is 78.9 Å². The number of rotatable bonds is 0. The van der Waals surface area contributed by atoms with Gasteiger partial charge >= 0.3 is 0 Å². The summed E-state index contributed by atoms with van der Waals surface area (Å²) >= 11 is 2.31. The van der Waals surface area contributed by atoms with Gasteiger partial charge in [0, 0.05) is 14.8 Å². The highest BCUT2D eigenvalue weighted by atomic mass is 127. The van der Waals surface area contributed by atoms with Crippen molar-refractivity contribution >= 4 is 28.3 Å². The van der Waals surface area contributed by atoms with Crippen LogP contribution in [0.2, 0.25) is 0 Å². The van der Waals surface area contributed by atoms with Crippen LogP contribution >= 0.6 is 22.6 Å². The van der Waals surface area contributed by atoms with Gasteiger partial charge in [-0.1, -0.05) is 0 Å². The SMILES string of the molecule is Nc1ccc(I)c2c1COC2. The quantitative estimate of drug-likeness (QED) is 0.572. The zero-order valence-electron chi connectivity index (χ0n) is 5.93. The van der Waals surface area contributed by atoms with E-state index >= 15 is 0 Å². The van der Waals surface area contributed by atoms with Crippen LogP contribution in [0.5, 0.6) is 0 Å². The summed E-state index contributed by atoms with van der Waals surface area (Å²) in [7, 11) is 0. The molecule has 0 unspecified atom stereocenters. The standard InChI is InChI=1S/C8H8INO/c9-7-1-2-8(10)6-4-11-3-5(6)7/h1-2H,3-4,10H2. The number of nitrogens with two attached hydrogens (primary N) is 1. The molecule has 2 rings (SSSR count). The van der Waals surface area contributed by atoms with Gasteiger partial charge in [0.15, 0.2) is 0 Å². The van der Waals surface area contributed by atoms with Crippen LogP contribution in [0.25, 0.3) is 0 Å². The van der Waals surface area contributed by atoms with Crippen molar-refractivity contribution in [3.8, 4) is 0 Å². The summed E-state index contributed by atoms with van der Waals surface area (Å²) < 4.78 is 6.55. The van der Waals surface area contributed by atoms with E-state index in [0.717, 1.165) is 12.3 Å². The molecular formula is C8H8INO. The van der Waals surface area contributed by atoms with E-state index < -0.39 is 0 Å². The van der Waals surface area contributed by atoms with Crippen LogP contribution in [-0.4, -0.2) is 0 Å². The summed E-state index contributed by atoms with van der Waals surface area (Å²) in [6, 6.07) is 3.97. The van der Waals surface area contributed by atoms with E-state index in [1.807, 2.05) is 12.1 Å². The monoisotopic (exact) mass is 261 g/mol. The van der Waals surface area contributed by atoms with E-state index in [1.54, 1.807) is 0 Å². The third-order valence-electron chi connectivity index (χ3n) is 1.90. The molecule has 0 amide bonds. The Morgan fingerprint density at radius 1 is 1.27 bits per heavy atom. The van der Waals surface area contributed by atoms with Crippen molar-refractivity contribution in [1.29, 1.82) is 0 Å². The van der Waals surface area contributed by atoms with Crippen molar-refractivity contribution < 1.29 is 4.74 Å². The van der Waals surface area contributed by atoms with Crippen LogP contribution in [0.15, 0.2) is 12.1 Å². The Kier molecular flexibility index (Phi) is 1.77. The van der Waals surface area contributed by atoms with Crippen molar-refractivity contribution in [2.75, 3.05) is 5.73 Å². The van der Waals surface area contributed by atoms with Gasteiger partial charge in [-0.15, -0.1) is 0 Å². The first kappa shape index (κ1) is 7.36. The molecular weight excluding hydrogens is 253 g/mol. The maximum atomic E-state index is 5.76. The first-order valence-corrected chi connectivity index (χ1v) is 4.50. The minimum atomic E-state index is 0.679. The number of benzene rings is 1. The van der Waals surface area contributed by atoms with Crippen LogP contribution in [0.4, 0.5) is 5.69 Å². The number of ether oxygens (including phenoxy) is 1. The predicted octanol–water partition coefficient (Wildman–Crippen LogP) is 1.90. The molecule has 58 valence electrons. The molecule has 0 atom stereocenters. The lowest BCUT2D eigenvalue weighted by Gasteiger charge is -2.02. The van der Waals surface area contributed by atoms with Gasteiger partial charge in [-0.3, -0.25) is 0 Å². The van der Waals surface area contributed by atoms with E-state index in [4.69, 9.17) is 10.5 Å². The molecule has 3 heteroatoms. The summed E-state index contributed by atoms with van der Waals surface area (Å²) in [4.78, 5) is 0. The van der Waals surface area contributed by atoms with Gasteiger partial charge < -0.3 is 10.5 Å². The average molecular weight is 261 g/mol. The molecule has 11 heavy (non-hydrogen) atoms. The van der Waals surface area contributed by atoms with Gasteiger partial charge in [-0.25, -0.2) is 0 Å². The lowest BCUT2D eigenvalue weighted by molar-refractivity contribution is 0.134. The fourth-order valence-electron chi connectivity index (χ4n) is 1.26. The third-order valence-corrected chi connectivity index (χ3v) is 2.91. The Bertz CT molecular complexity index is 269. The molecule has 1 aromatic rings. The summed E-state index contributed by atoms with van der Waals surface area (Å²) in [5, 5.41) is 0. The van der Waals surface area contributed by atoms with Crippen molar-refractivity contribution in [2.24, 2.45) is 0 Å². The average Bonchev–Trinajstić information content (AvgIpc) is 2.45. The molecule has 0 aromatic heterocycles. The predicted molar refractivity (Wildman–Crippen MR) is 52.1 cm³/mol.